The van der Waals surface area contributed by atoms with E-state index in [1.165, 1.54) is 6.07 Å². The van der Waals surface area contributed by atoms with Crippen molar-refractivity contribution in [3.8, 4) is 5.75 Å². The summed E-state index contributed by atoms with van der Waals surface area (Å²) in [5.41, 5.74) is -1.33. The van der Waals surface area contributed by atoms with Crippen molar-refractivity contribution >= 4 is 40.7 Å². The van der Waals surface area contributed by atoms with Gasteiger partial charge in [-0.2, -0.15) is 10.2 Å². The van der Waals surface area contributed by atoms with E-state index >= 15 is 0 Å². The maximum Gasteiger partial charge on any atom is 0.264 e. The summed E-state index contributed by atoms with van der Waals surface area (Å²) in [4.78, 5) is 26.0. The molecule has 3 rings (SSSR count). The van der Waals surface area contributed by atoms with Crippen molar-refractivity contribution in [1.29, 1.82) is 0 Å². The summed E-state index contributed by atoms with van der Waals surface area (Å²) in [5, 5.41) is 8.07. The van der Waals surface area contributed by atoms with Gasteiger partial charge in [-0.1, -0.05) is 23.2 Å². The molecule has 2 atom stereocenters. The molecule has 22 heavy (non-hydrogen) atoms. The van der Waals surface area contributed by atoms with Crippen LogP contribution in [0, 0.1) is 0 Å². The third-order valence-electron chi connectivity index (χ3n) is 3.65. The number of hydrogen-bond acceptors (Lipinski definition) is 5. The molecule has 6 nitrogen and oxygen atoms in total. The molecule has 0 bridgehead atoms. The van der Waals surface area contributed by atoms with Crippen LogP contribution in [0.2, 0.25) is 5.02 Å². The molecule has 1 fully saturated rings. The summed E-state index contributed by atoms with van der Waals surface area (Å²) in [6, 6.07) is 4.79. The molecule has 0 N–H and O–H groups in total. The summed E-state index contributed by atoms with van der Waals surface area (Å²) in [6.07, 6.45) is 0.212. The van der Waals surface area contributed by atoms with E-state index in [1.807, 2.05) is 6.92 Å². The molecule has 0 aromatic heterocycles. The molecule has 2 aliphatic rings. The number of carbonyl (C=O) groups excluding carboxylic acids is 2. The normalized spacial score (nSPS) is 27.2. The van der Waals surface area contributed by atoms with Gasteiger partial charge in [0.1, 0.15) is 11.3 Å². The highest BCUT2D eigenvalue weighted by Gasteiger charge is 2.56. The van der Waals surface area contributed by atoms with E-state index in [0.29, 0.717) is 23.1 Å². The molecule has 0 radical (unpaired) electrons. The van der Waals surface area contributed by atoms with E-state index in [9.17, 15) is 9.59 Å². The monoisotopic (exact) mass is 341 g/mol. The highest BCUT2D eigenvalue weighted by Crippen LogP contribution is 2.41. The van der Waals surface area contributed by atoms with E-state index < -0.39 is 16.9 Å². The minimum atomic E-state index is -1.16. The van der Waals surface area contributed by atoms with Crippen LogP contribution in [0.3, 0.4) is 0 Å². The van der Waals surface area contributed by atoms with Gasteiger partial charge in [-0.15, -0.1) is 0 Å². The van der Waals surface area contributed by atoms with Crippen LogP contribution < -0.4 is 9.64 Å². The van der Waals surface area contributed by atoms with Crippen LogP contribution in [0.1, 0.15) is 19.8 Å². The Morgan fingerprint density at radius 2 is 2.23 bits per heavy atom. The van der Waals surface area contributed by atoms with Gasteiger partial charge in [0.15, 0.2) is 5.54 Å². The van der Waals surface area contributed by atoms with Crippen molar-refractivity contribution in [3.63, 3.8) is 0 Å². The highest BCUT2D eigenvalue weighted by molar-refractivity contribution is 6.33. The third kappa shape index (κ3) is 2.36. The van der Waals surface area contributed by atoms with E-state index in [1.54, 1.807) is 12.1 Å². The van der Waals surface area contributed by atoms with Crippen LogP contribution in [0.25, 0.3) is 0 Å². The van der Waals surface area contributed by atoms with E-state index in [2.05, 4.69) is 10.2 Å². The first-order valence-electron chi connectivity index (χ1n) is 6.82. The van der Waals surface area contributed by atoms with Gasteiger partial charge in [0.2, 0.25) is 5.91 Å². The molecular formula is C14H13Cl2N3O3. The van der Waals surface area contributed by atoms with Gasteiger partial charge in [0, 0.05) is 6.42 Å². The minimum absolute atomic E-state index is 0.0244. The van der Waals surface area contributed by atoms with E-state index in [0.717, 1.165) is 4.90 Å². The maximum atomic E-state index is 12.6. The molecule has 2 aliphatic heterocycles. The highest BCUT2D eigenvalue weighted by atomic mass is 35.5. The predicted octanol–water partition coefficient (Wildman–Crippen LogP) is 3.16. The molecular weight excluding hydrogens is 329 g/mol. The zero-order valence-corrected chi connectivity index (χ0v) is 13.3. The number of anilines is 1. The van der Waals surface area contributed by atoms with Crippen LogP contribution in [-0.4, -0.2) is 29.5 Å². The fraction of sp³-hybridized carbons (Fsp3) is 0.429. The zero-order chi connectivity index (χ0) is 15.9. The largest absolute Gasteiger partial charge is 0.492 e. The Morgan fingerprint density at radius 3 is 2.82 bits per heavy atom. The lowest BCUT2D eigenvalue weighted by atomic mass is 9.95. The molecule has 2 heterocycles. The second-order valence-corrected chi connectivity index (χ2v) is 6.06. The summed E-state index contributed by atoms with van der Waals surface area (Å²) in [6.45, 7) is 2.32. The van der Waals surface area contributed by atoms with Crippen molar-refractivity contribution in [2.45, 2.75) is 30.8 Å². The van der Waals surface area contributed by atoms with Gasteiger partial charge in [-0.25, -0.2) is 4.90 Å². The fourth-order valence-electron chi connectivity index (χ4n) is 2.66. The van der Waals surface area contributed by atoms with Crippen molar-refractivity contribution in [2.24, 2.45) is 10.2 Å². The maximum absolute atomic E-state index is 12.6. The van der Waals surface area contributed by atoms with E-state index in [-0.39, 0.29) is 18.7 Å². The number of imide groups is 1. The van der Waals surface area contributed by atoms with Crippen molar-refractivity contribution < 1.29 is 14.3 Å². The molecule has 1 saturated heterocycles. The smallest absolute Gasteiger partial charge is 0.264 e. The van der Waals surface area contributed by atoms with Crippen LogP contribution in [0.15, 0.2) is 28.4 Å². The number of ether oxygens (including phenoxy) is 1. The third-order valence-corrected chi connectivity index (χ3v) is 4.19. The molecule has 116 valence electrons. The molecule has 2 unspecified atom stereocenters. The summed E-state index contributed by atoms with van der Waals surface area (Å²) in [5.74, 6) is -0.248. The van der Waals surface area contributed by atoms with Crippen molar-refractivity contribution in [3.05, 3.63) is 23.2 Å². The number of azo groups is 1. The SMILES string of the molecule is CCOc1ccc(N2C(=O)CC3(CC(Cl)N=N3)C2=O)cc1Cl. The van der Waals surface area contributed by atoms with Crippen LogP contribution in [0.4, 0.5) is 5.69 Å². The van der Waals surface area contributed by atoms with E-state index in [4.69, 9.17) is 27.9 Å². The lowest BCUT2D eigenvalue weighted by molar-refractivity contribution is -0.122. The zero-order valence-electron chi connectivity index (χ0n) is 11.8. The first-order valence-corrected chi connectivity index (χ1v) is 7.64. The number of halogens is 2. The van der Waals surface area contributed by atoms with Gasteiger partial charge in [-0.3, -0.25) is 9.59 Å². The van der Waals surface area contributed by atoms with Crippen LogP contribution in [-0.2, 0) is 9.59 Å². The van der Waals surface area contributed by atoms with Crippen LogP contribution >= 0.6 is 23.2 Å². The topological polar surface area (TPSA) is 71.3 Å². The lowest BCUT2D eigenvalue weighted by Gasteiger charge is -2.18. The Balaban J connectivity index is 1.92. The Kier molecular flexibility index (Phi) is 3.82. The lowest BCUT2D eigenvalue weighted by Crippen LogP contribution is -2.38. The number of nitrogens with zero attached hydrogens (tertiary/aromatic N) is 3. The molecule has 2 amide bonds. The first-order chi connectivity index (χ1) is 10.5. The number of amides is 2. The molecule has 8 heteroatoms. The average molecular weight is 342 g/mol. The summed E-state index contributed by atoms with van der Waals surface area (Å²) in [7, 11) is 0. The second kappa shape index (κ2) is 5.52. The number of hydrogen-bond donors (Lipinski definition) is 0. The average Bonchev–Trinajstić information content (AvgIpc) is 2.94. The van der Waals surface area contributed by atoms with Crippen molar-refractivity contribution in [2.75, 3.05) is 11.5 Å². The quantitative estimate of drug-likeness (QED) is 0.481. The number of alkyl halides is 1. The Morgan fingerprint density at radius 1 is 1.45 bits per heavy atom. The van der Waals surface area contributed by atoms with Gasteiger partial charge in [0.05, 0.1) is 23.7 Å². The van der Waals surface area contributed by atoms with Gasteiger partial charge >= 0.3 is 0 Å². The first kappa shape index (κ1) is 15.2. The summed E-state index contributed by atoms with van der Waals surface area (Å²) < 4.78 is 5.34. The fourth-order valence-corrected chi connectivity index (χ4v) is 3.19. The number of rotatable bonds is 3. The Labute approximate surface area is 137 Å². The second-order valence-electron chi connectivity index (χ2n) is 5.14. The number of carbonyl (C=O) groups is 2. The predicted molar refractivity (Wildman–Crippen MR) is 81.6 cm³/mol. The van der Waals surface area contributed by atoms with Gasteiger partial charge in [-0.05, 0) is 25.1 Å². The summed E-state index contributed by atoms with van der Waals surface area (Å²) >= 11 is 12.0. The molecule has 0 saturated carbocycles. The Bertz CT molecular complexity index is 679. The standard InChI is InChI=1S/C14H13Cl2N3O3/c1-2-22-10-4-3-8(5-9(10)15)19-12(20)7-14(13(19)21)6-11(16)17-18-14/h3-5,11H,2,6-7H2,1H3. The van der Waals surface area contributed by atoms with Gasteiger partial charge in [0.25, 0.3) is 5.91 Å². The molecule has 1 aromatic carbocycles. The minimum Gasteiger partial charge on any atom is -0.492 e. The molecule has 0 aliphatic carbocycles. The Hall–Kier alpha value is -1.66. The molecule has 1 spiro atoms. The van der Waals surface area contributed by atoms with Crippen molar-refractivity contribution in [1.82, 2.24) is 0 Å². The van der Waals surface area contributed by atoms with Gasteiger partial charge < -0.3 is 4.74 Å². The van der Waals surface area contributed by atoms with Crippen LogP contribution in [0.5, 0.6) is 5.75 Å². The number of benzene rings is 1. The molecule has 1 aromatic rings.